The van der Waals surface area contributed by atoms with E-state index in [2.05, 4.69) is 29.9 Å². The number of alkyl halides is 2. The Morgan fingerprint density at radius 3 is 2.52 bits per heavy atom. The molecule has 0 aromatic carbocycles. The van der Waals surface area contributed by atoms with Gasteiger partial charge in [0.1, 0.15) is 41.4 Å². The molecule has 44 heavy (non-hydrogen) atoms. The third-order valence-electron chi connectivity index (χ3n) is 7.72. The van der Waals surface area contributed by atoms with Gasteiger partial charge in [-0.15, -0.1) is 0 Å². The number of nitrogens with two attached hydrogens (primary N) is 2. The van der Waals surface area contributed by atoms with E-state index in [9.17, 15) is 19.9 Å². The van der Waals surface area contributed by atoms with Gasteiger partial charge in [-0.3, -0.25) is 18.9 Å². The number of rotatable bonds is 8. The summed E-state index contributed by atoms with van der Waals surface area (Å²) in [5.41, 5.74) is 6.92. The Balaban J connectivity index is 1.32. The third kappa shape index (κ3) is 4.66. The summed E-state index contributed by atoms with van der Waals surface area (Å²) >= 11 is 5.29. The second-order valence-electron chi connectivity index (χ2n) is 10.5. The van der Waals surface area contributed by atoms with Crippen molar-refractivity contribution in [3.05, 3.63) is 29.3 Å². The summed E-state index contributed by atoms with van der Waals surface area (Å²) in [5.74, 6) is -4.15. The van der Waals surface area contributed by atoms with Crippen molar-refractivity contribution in [3.8, 4) is 0 Å². The van der Waals surface area contributed by atoms with E-state index in [1.54, 1.807) is 0 Å². The summed E-state index contributed by atoms with van der Waals surface area (Å²) < 4.78 is 56.6. The van der Waals surface area contributed by atoms with E-state index in [1.807, 2.05) is 0 Å². The number of nitrogen functional groups attached to an aromatic ring is 2. The molecule has 6 rings (SSSR count). The lowest BCUT2D eigenvalue weighted by molar-refractivity contribution is -0.113. The second-order valence-corrected chi connectivity index (χ2v) is 14.0. The molecule has 0 saturated carbocycles. The number of ether oxygens (including phenoxy) is 3. The quantitative estimate of drug-likeness (QED) is 0.124. The number of hydrogen-bond donors (Lipinski definition) is 6. The molecular weight excluding hydrogens is 633 g/mol. The molecule has 8 N–H and O–H groups in total. The van der Waals surface area contributed by atoms with Gasteiger partial charge in [0.25, 0.3) is 11.5 Å². The van der Waals surface area contributed by atoms with Crippen LogP contribution in [-0.2, 0) is 30.5 Å². The first-order valence-electron chi connectivity index (χ1n) is 12.9. The number of H-pyrrole nitrogens is 1. The van der Waals surface area contributed by atoms with Crippen molar-refractivity contribution in [3.63, 3.8) is 0 Å². The SMILES string of the molecule is CO[C@H]1[C@@H](n2cnc3c(N)ncnc32)O[C@](C)(COP(O)(=S)[C@H]2C(n3cnc4c(=O)[nH]c(N)nc43)O[C@H](CO)C2(F)F)[C@H]1O. The van der Waals surface area contributed by atoms with Crippen molar-refractivity contribution in [1.29, 1.82) is 0 Å². The average molecular weight is 661 g/mol. The molecule has 0 bridgehead atoms. The third-order valence-corrected chi connectivity index (χ3v) is 10.5. The van der Waals surface area contributed by atoms with Gasteiger partial charge in [-0.2, -0.15) is 4.98 Å². The van der Waals surface area contributed by atoms with E-state index in [1.165, 1.54) is 31.3 Å². The minimum absolute atomic E-state index is 0.108. The van der Waals surface area contributed by atoms with Gasteiger partial charge in [0.2, 0.25) is 5.95 Å². The summed E-state index contributed by atoms with van der Waals surface area (Å²) in [6.07, 6.45) is -3.83. The summed E-state index contributed by atoms with van der Waals surface area (Å²) in [4.78, 5) is 46.1. The minimum atomic E-state index is -4.62. The predicted molar refractivity (Wildman–Crippen MR) is 150 cm³/mol. The highest BCUT2D eigenvalue weighted by Crippen LogP contribution is 2.63. The van der Waals surface area contributed by atoms with E-state index in [0.29, 0.717) is 0 Å². The highest BCUT2D eigenvalue weighted by Gasteiger charge is 2.65. The average Bonchev–Trinajstić information content (AvgIpc) is 3.70. The number of aliphatic hydroxyl groups is 2. The normalized spacial score (nSPS) is 31.6. The van der Waals surface area contributed by atoms with Crippen LogP contribution in [0.2, 0.25) is 0 Å². The van der Waals surface area contributed by atoms with Crippen LogP contribution >= 0.6 is 6.49 Å². The zero-order valence-electron chi connectivity index (χ0n) is 22.9. The first kappa shape index (κ1) is 30.7. The highest BCUT2D eigenvalue weighted by molar-refractivity contribution is 8.09. The lowest BCUT2D eigenvalue weighted by Gasteiger charge is -2.34. The number of methoxy groups -OCH3 is 1. The first-order valence-corrected chi connectivity index (χ1v) is 15.6. The van der Waals surface area contributed by atoms with Crippen LogP contribution in [0, 0.1) is 0 Å². The number of nitrogens with zero attached hydrogens (tertiary/aromatic N) is 7. The summed E-state index contributed by atoms with van der Waals surface area (Å²) in [5, 5.41) is 20.9. The molecule has 4 aromatic rings. The zero-order chi connectivity index (χ0) is 31.8. The van der Waals surface area contributed by atoms with E-state index in [4.69, 9.17) is 42.0 Å². The number of aromatic nitrogens is 8. The van der Waals surface area contributed by atoms with Crippen molar-refractivity contribution in [2.24, 2.45) is 0 Å². The number of fused-ring (bicyclic) bond motifs is 2. The fourth-order valence-electron chi connectivity index (χ4n) is 5.46. The van der Waals surface area contributed by atoms with E-state index < -0.39 is 73.2 Å². The van der Waals surface area contributed by atoms with Crippen molar-refractivity contribution >= 4 is 52.4 Å². The highest BCUT2D eigenvalue weighted by atomic mass is 32.5. The van der Waals surface area contributed by atoms with Crippen LogP contribution < -0.4 is 17.0 Å². The van der Waals surface area contributed by atoms with Gasteiger partial charge in [-0.1, -0.05) is 0 Å². The maximum Gasteiger partial charge on any atom is 0.292 e. The maximum atomic E-state index is 15.7. The largest absolute Gasteiger partial charge is 0.393 e. The number of imidazole rings is 2. The molecule has 0 radical (unpaired) electrons. The minimum Gasteiger partial charge on any atom is -0.393 e. The standard InChI is InChI=1S/C22H27F2N10O8PS/c1-21(12(36)11(39-2)18(42-21)33-6-29-9-14(25)27-5-28-15(9)33)4-40-43(38,44)13-19(41-8(3-35)22(13,23)24)34-7-30-10-16(34)31-20(26)32-17(10)37/h5-8,11-13,18-19,35-36H,3-4H2,1-2H3,(H,38,44)(H2,25,27,28)(H3,26,31,32,37)/t8-,11-,12+,13+,18+,19?,21-,43?/m1/s1. The topological polar surface area (TPSA) is 257 Å². The predicted octanol–water partition coefficient (Wildman–Crippen LogP) is -1.00. The molecule has 238 valence electrons. The van der Waals surface area contributed by atoms with Gasteiger partial charge in [0, 0.05) is 7.11 Å². The monoisotopic (exact) mass is 660 g/mol. The van der Waals surface area contributed by atoms with Crippen LogP contribution in [0.3, 0.4) is 0 Å². The molecule has 8 atom stereocenters. The second kappa shape index (κ2) is 10.7. The summed E-state index contributed by atoms with van der Waals surface area (Å²) in [7, 11) is 1.33. The Morgan fingerprint density at radius 1 is 1.16 bits per heavy atom. The fraction of sp³-hybridized carbons (Fsp3) is 0.545. The molecule has 22 heteroatoms. The van der Waals surface area contributed by atoms with E-state index in [0.717, 1.165) is 10.9 Å². The Labute approximate surface area is 250 Å². The molecule has 2 fully saturated rings. The van der Waals surface area contributed by atoms with Crippen LogP contribution in [0.5, 0.6) is 0 Å². The van der Waals surface area contributed by atoms with Gasteiger partial charge in [-0.25, -0.2) is 28.7 Å². The number of hydrogen-bond acceptors (Lipinski definition) is 15. The number of nitrogens with one attached hydrogen (secondary N) is 1. The van der Waals surface area contributed by atoms with E-state index in [-0.39, 0.29) is 34.1 Å². The van der Waals surface area contributed by atoms with Gasteiger partial charge in [0.15, 0.2) is 41.6 Å². The van der Waals surface area contributed by atoms with Crippen LogP contribution in [-0.4, -0.2) is 110 Å². The van der Waals surface area contributed by atoms with Gasteiger partial charge < -0.3 is 45.3 Å². The molecule has 6 heterocycles. The molecule has 4 aromatic heterocycles. The van der Waals surface area contributed by atoms with Crippen LogP contribution in [0.4, 0.5) is 20.5 Å². The number of halogens is 2. The van der Waals surface area contributed by atoms with Gasteiger partial charge >= 0.3 is 0 Å². The zero-order valence-corrected chi connectivity index (χ0v) is 24.6. The molecule has 0 spiro atoms. The van der Waals surface area contributed by atoms with Crippen LogP contribution in [0.25, 0.3) is 22.3 Å². The molecule has 2 aliphatic heterocycles. The molecule has 2 aliphatic rings. The van der Waals surface area contributed by atoms with Crippen LogP contribution in [0.1, 0.15) is 19.4 Å². The molecule has 2 unspecified atom stereocenters. The molecule has 2 saturated heterocycles. The first-order chi connectivity index (χ1) is 20.7. The Hall–Kier alpha value is -3.27. The van der Waals surface area contributed by atoms with E-state index >= 15 is 8.78 Å². The molecular formula is C22H27F2N10O8PS. The molecule has 0 amide bonds. The smallest absolute Gasteiger partial charge is 0.292 e. The number of aliphatic hydroxyl groups excluding tert-OH is 2. The Kier molecular flexibility index (Phi) is 7.46. The van der Waals surface area contributed by atoms with Crippen LogP contribution in [0.15, 0.2) is 23.8 Å². The Morgan fingerprint density at radius 2 is 1.84 bits per heavy atom. The van der Waals surface area contributed by atoms with Gasteiger partial charge in [0.05, 0.1) is 25.9 Å². The summed E-state index contributed by atoms with van der Waals surface area (Å²) in [6.45, 7) is -5.02. The van der Waals surface area contributed by atoms with Crippen molar-refractivity contribution in [2.75, 3.05) is 31.8 Å². The Bertz CT molecular complexity index is 1840. The molecule has 0 aliphatic carbocycles. The fourth-order valence-corrected chi connectivity index (χ4v) is 8.09. The lowest BCUT2D eigenvalue weighted by atomic mass is 9.98. The van der Waals surface area contributed by atoms with Crippen molar-refractivity contribution in [1.82, 2.24) is 39.0 Å². The number of anilines is 2. The number of aromatic amines is 1. The lowest BCUT2D eigenvalue weighted by Crippen LogP contribution is -2.46. The van der Waals surface area contributed by atoms with Crippen molar-refractivity contribution in [2.45, 2.75) is 54.9 Å². The molecule has 18 nitrogen and oxygen atoms in total. The summed E-state index contributed by atoms with van der Waals surface area (Å²) in [6, 6.07) is 0. The van der Waals surface area contributed by atoms with Gasteiger partial charge in [-0.05, 0) is 18.7 Å². The van der Waals surface area contributed by atoms with Crippen molar-refractivity contribution < 1.29 is 42.6 Å². The maximum absolute atomic E-state index is 15.7.